The maximum absolute atomic E-state index is 14.7. The van der Waals surface area contributed by atoms with Gasteiger partial charge in [0.2, 0.25) is 47.3 Å². The molecular weight excluding hydrogens is 1100 g/mol. The van der Waals surface area contributed by atoms with Crippen molar-refractivity contribution in [2.24, 2.45) is 22.2 Å². The van der Waals surface area contributed by atoms with E-state index in [0.29, 0.717) is 34.6 Å². The Balaban J connectivity index is 1.40. The van der Waals surface area contributed by atoms with E-state index in [1.165, 1.54) is 12.5 Å². The van der Waals surface area contributed by atoms with E-state index in [0.717, 1.165) is 17.3 Å². The van der Waals surface area contributed by atoms with E-state index < -0.39 is 133 Å². The number of hydrogen-bond donors (Lipinski definition) is 16. The van der Waals surface area contributed by atoms with Crippen LogP contribution in [0.2, 0.25) is 0 Å². The van der Waals surface area contributed by atoms with Crippen LogP contribution in [0.3, 0.4) is 0 Å². The summed E-state index contributed by atoms with van der Waals surface area (Å²) in [7, 11) is 0. The highest BCUT2D eigenvalue weighted by molar-refractivity contribution is 7.80. The first-order valence-corrected chi connectivity index (χ1v) is 27.6. The summed E-state index contributed by atoms with van der Waals surface area (Å²) in [5.74, 6) is -10.1. The van der Waals surface area contributed by atoms with Crippen molar-refractivity contribution in [3.63, 3.8) is 0 Å². The predicted molar refractivity (Wildman–Crippen MR) is 305 cm³/mol. The smallest absolute Gasteiger partial charge is 0.325 e. The number of aromatic amines is 2. The number of aromatic nitrogens is 3. The standard InChI is InChI=1S/C52H70N16O12S2/c1-2-3-13-35-50(79)68(52(80)67-35)24-41(69)60-40(26-82)49(78)62-34(16-17-42(70)71)45(74)65-38(21-30-23-56-27-59-30)48(77)63-36(19-28-10-5-4-6-11-28)46(75)61-33(15-9-18-57-51(54)55)44(73)64-37(47(76)66-39(25-81)43(53)72)20-29-22-58-32-14-8-7-12-31(29)32/h4-8,10-12,14,22-23,27,33-40,58,81-82H,2-3,9,13,15-21,24-26H2,1H3,(H2,53,72)(H,56,59)(H,60,69)(H,61,75)(H,62,78)(H,63,77)(H,64,73)(H,65,74)(H,66,76)(H,67,80)(H,70,71)(H4,54,55,57)/t33-,34+,35+,36-,37+,38-,39-,40-/m1/s1. The van der Waals surface area contributed by atoms with Gasteiger partial charge < -0.3 is 74.8 Å². The summed E-state index contributed by atoms with van der Waals surface area (Å²) in [6.07, 6.45) is 4.34. The van der Waals surface area contributed by atoms with Crippen molar-refractivity contribution >= 4 is 107 Å². The minimum absolute atomic E-state index is 0.0149. The second kappa shape index (κ2) is 31.9. The number of H-pyrrole nitrogens is 2. The number of nitrogens with two attached hydrogens (primary N) is 3. The van der Waals surface area contributed by atoms with Crippen molar-refractivity contribution in [2.45, 2.75) is 119 Å². The van der Waals surface area contributed by atoms with Gasteiger partial charge in [0.05, 0.1) is 6.33 Å². The summed E-state index contributed by atoms with van der Waals surface area (Å²) < 4.78 is 0. The van der Waals surface area contributed by atoms with Crippen molar-refractivity contribution in [1.29, 1.82) is 0 Å². The molecule has 1 fully saturated rings. The van der Waals surface area contributed by atoms with Crippen LogP contribution in [0.4, 0.5) is 4.79 Å². The molecule has 30 heteroatoms. The number of imide groups is 1. The summed E-state index contributed by atoms with van der Waals surface area (Å²) in [6.45, 7) is 1.18. The normalized spacial score (nSPS) is 15.5. The fourth-order valence-electron chi connectivity index (χ4n) is 8.67. The average Bonchev–Trinajstić information content (AvgIpc) is 4.39. The number of fused-ring (bicyclic) bond motifs is 1. The van der Waals surface area contributed by atoms with Crippen LogP contribution < -0.4 is 59.7 Å². The van der Waals surface area contributed by atoms with Crippen molar-refractivity contribution in [2.75, 3.05) is 24.6 Å². The summed E-state index contributed by atoms with van der Waals surface area (Å²) in [6, 6.07) is 3.87. The second-order valence-electron chi connectivity index (χ2n) is 19.2. The predicted octanol–water partition coefficient (Wildman–Crippen LogP) is -2.31. The zero-order valence-electron chi connectivity index (χ0n) is 44.9. The molecule has 0 unspecified atom stereocenters. The lowest BCUT2D eigenvalue weighted by Crippen LogP contribution is -2.61. The number of nitrogens with zero attached hydrogens (tertiary/aromatic N) is 3. The number of hydrogen-bond acceptors (Lipinski definition) is 15. The highest BCUT2D eigenvalue weighted by Gasteiger charge is 2.40. The number of thiol groups is 2. The third kappa shape index (κ3) is 19.6. The molecule has 82 heavy (non-hydrogen) atoms. The van der Waals surface area contributed by atoms with Gasteiger partial charge in [-0.2, -0.15) is 25.3 Å². The summed E-state index contributed by atoms with van der Waals surface area (Å²) in [5, 5.41) is 30.9. The third-order valence-corrected chi connectivity index (χ3v) is 13.8. The molecule has 1 aliphatic heterocycles. The van der Waals surface area contributed by atoms with Crippen molar-refractivity contribution in [3.8, 4) is 0 Å². The maximum atomic E-state index is 14.7. The maximum Gasteiger partial charge on any atom is 0.325 e. The number of benzene rings is 2. The van der Waals surface area contributed by atoms with E-state index in [4.69, 9.17) is 17.2 Å². The van der Waals surface area contributed by atoms with Gasteiger partial charge in [0, 0.05) is 72.7 Å². The fraction of sp³-hybridized carbons (Fsp3) is 0.442. The van der Waals surface area contributed by atoms with Gasteiger partial charge in [-0.25, -0.2) is 9.78 Å². The minimum atomic E-state index is -1.66. The van der Waals surface area contributed by atoms with Crippen LogP contribution in [-0.2, 0) is 67.2 Å². The third-order valence-electron chi connectivity index (χ3n) is 13.0. The van der Waals surface area contributed by atoms with E-state index in [1.807, 2.05) is 25.1 Å². The molecule has 28 nitrogen and oxygen atoms in total. The van der Waals surface area contributed by atoms with Gasteiger partial charge in [-0.15, -0.1) is 0 Å². The molecule has 1 aliphatic rings. The number of aliphatic imine (C=N–C) groups is 1. The lowest BCUT2D eigenvalue weighted by atomic mass is 10.0. The molecule has 1 saturated heterocycles. The monoisotopic (exact) mass is 1170 g/mol. The number of amides is 11. The zero-order valence-corrected chi connectivity index (χ0v) is 46.6. The summed E-state index contributed by atoms with van der Waals surface area (Å²) in [5.41, 5.74) is 18.9. The molecule has 5 rings (SSSR count). The number of carboxylic acids is 1. The first-order chi connectivity index (χ1) is 39.2. The molecule has 11 amide bonds. The molecule has 2 aromatic heterocycles. The molecule has 2 aromatic carbocycles. The van der Waals surface area contributed by atoms with E-state index >= 15 is 0 Å². The van der Waals surface area contributed by atoms with Crippen LogP contribution in [-0.4, -0.2) is 169 Å². The Labute approximate surface area is 482 Å². The molecule has 0 radical (unpaired) electrons. The number of carbonyl (C=O) groups excluding carboxylic acids is 10. The molecule has 0 aliphatic carbocycles. The number of guanidine groups is 1. The van der Waals surface area contributed by atoms with Crippen molar-refractivity contribution in [1.82, 2.24) is 62.4 Å². The van der Waals surface area contributed by atoms with Gasteiger partial charge in [-0.3, -0.25) is 57.8 Å². The summed E-state index contributed by atoms with van der Waals surface area (Å²) in [4.78, 5) is 163. The molecule has 4 aromatic rings. The molecule has 3 heterocycles. The quantitative estimate of drug-likeness (QED) is 0.00768. The molecule has 0 spiro atoms. The Kier molecular flexibility index (Phi) is 25.0. The first kappa shape index (κ1) is 64.2. The molecule has 8 atom stereocenters. The first-order valence-electron chi connectivity index (χ1n) is 26.3. The number of carbonyl (C=O) groups is 11. The lowest BCUT2D eigenvalue weighted by molar-refractivity contribution is -0.138. The number of urea groups is 1. The number of imidazole rings is 1. The van der Waals surface area contributed by atoms with E-state index in [1.54, 1.807) is 42.6 Å². The highest BCUT2D eigenvalue weighted by atomic mass is 32.1. The Morgan fingerprint density at radius 3 is 1.83 bits per heavy atom. The Hall–Kier alpha value is -8.67. The molecular formula is C52H70N16O12S2. The molecule has 17 N–H and O–H groups in total. The van der Waals surface area contributed by atoms with Gasteiger partial charge in [0.1, 0.15) is 54.9 Å². The Morgan fingerprint density at radius 1 is 0.683 bits per heavy atom. The van der Waals surface area contributed by atoms with Crippen LogP contribution in [0.15, 0.2) is 78.3 Å². The number of carboxylic acid groups (broad SMARTS) is 1. The number of unbranched alkanes of at least 4 members (excludes halogenated alkanes) is 1. The summed E-state index contributed by atoms with van der Waals surface area (Å²) >= 11 is 8.32. The molecule has 0 saturated carbocycles. The largest absolute Gasteiger partial charge is 0.481 e. The number of rotatable bonds is 34. The van der Waals surface area contributed by atoms with Crippen LogP contribution in [0, 0.1) is 0 Å². The number of nitrogens with one attached hydrogen (secondary N) is 10. The van der Waals surface area contributed by atoms with Gasteiger partial charge in [-0.1, -0.05) is 68.3 Å². The highest BCUT2D eigenvalue weighted by Crippen LogP contribution is 2.20. The zero-order chi connectivity index (χ0) is 59.9. The topological polar surface area (TPSA) is 442 Å². The Bertz CT molecular complexity index is 2920. The van der Waals surface area contributed by atoms with Crippen molar-refractivity contribution in [3.05, 3.63) is 90.1 Å². The molecule has 442 valence electrons. The van der Waals surface area contributed by atoms with E-state index in [9.17, 15) is 57.8 Å². The number of para-hydroxylation sites is 1. The van der Waals surface area contributed by atoms with Crippen LogP contribution in [0.25, 0.3) is 10.9 Å². The average molecular weight is 1180 g/mol. The minimum Gasteiger partial charge on any atom is -0.481 e. The van der Waals surface area contributed by atoms with Gasteiger partial charge in [0.15, 0.2) is 5.96 Å². The number of primary amides is 1. The van der Waals surface area contributed by atoms with E-state index in [2.05, 4.69) is 87.7 Å². The van der Waals surface area contributed by atoms with Crippen LogP contribution in [0.1, 0.15) is 68.7 Å². The van der Waals surface area contributed by atoms with E-state index in [-0.39, 0.29) is 56.1 Å². The second-order valence-corrected chi connectivity index (χ2v) is 20.0. The van der Waals surface area contributed by atoms with Gasteiger partial charge >= 0.3 is 12.0 Å². The van der Waals surface area contributed by atoms with Gasteiger partial charge in [-0.05, 0) is 42.9 Å². The Morgan fingerprint density at radius 2 is 1.24 bits per heavy atom. The van der Waals surface area contributed by atoms with Crippen LogP contribution >= 0.6 is 25.3 Å². The SMILES string of the molecule is CCCC[C@@H]1NC(=O)N(CC(=O)N[C@H](CS)C(=O)N[C@@H](CCC(=O)O)C(=O)N[C@H](Cc2cnc[nH]2)C(=O)N[C@H](Cc2ccccc2)C(=O)N[C@H](CCCN=C(N)N)C(=O)N[C@@H](Cc2c[nH]c3ccccc23)C(=O)N[C@H](CS)C(N)=O)C1=O. The van der Waals surface area contributed by atoms with Crippen LogP contribution in [0.5, 0.6) is 0 Å². The molecule has 0 bridgehead atoms. The fourth-order valence-corrected chi connectivity index (χ4v) is 9.20. The number of aliphatic carboxylic acids is 1. The van der Waals surface area contributed by atoms with Crippen molar-refractivity contribution < 1.29 is 57.8 Å². The lowest BCUT2D eigenvalue weighted by Gasteiger charge is -2.28. The van der Waals surface area contributed by atoms with Gasteiger partial charge in [0.25, 0.3) is 5.91 Å².